The molecule has 5 heteroatoms. The lowest BCUT2D eigenvalue weighted by Gasteiger charge is -2.26. The molecular formula is C27H28N2O3. The summed E-state index contributed by atoms with van der Waals surface area (Å²) in [5.74, 6) is 1.80. The third-order valence-electron chi connectivity index (χ3n) is 5.76. The first-order valence-electron chi connectivity index (χ1n) is 10.7. The minimum absolute atomic E-state index is 0.188. The van der Waals surface area contributed by atoms with Crippen LogP contribution in [0.3, 0.4) is 0 Å². The highest BCUT2D eigenvalue weighted by molar-refractivity contribution is 5.55. The maximum absolute atomic E-state index is 10.5. The topological polar surface area (TPSA) is 67.5 Å². The maximum atomic E-state index is 10.5. The smallest absolute Gasteiger partial charge is 0.139 e. The van der Waals surface area contributed by atoms with Gasteiger partial charge in [0.25, 0.3) is 0 Å². The first-order valence-corrected chi connectivity index (χ1v) is 10.7. The Labute approximate surface area is 188 Å². The summed E-state index contributed by atoms with van der Waals surface area (Å²) in [4.78, 5) is 4.42. The van der Waals surface area contributed by atoms with Gasteiger partial charge in [0, 0.05) is 23.4 Å². The Kier molecular flexibility index (Phi) is 6.28. The number of aromatic hydroxyl groups is 1. The number of aliphatic hydroxyl groups is 1. The van der Waals surface area contributed by atoms with Crippen LogP contribution in [-0.4, -0.2) is 32.5 Å². The molecule has 0 aliphatic rings. The van der Waals surface area contributed by atoms with Gasteiger partial charge in [0.15, 0.2) is 0 Å². The van der Waals surface area contributed by atoms with Crippen molar-refractivity contribution in [2.75, 3.05) is 6.61 Å². The van der Waals surface area contributed by atoms with Gasteiger partial charge in [-0.1, -0.05) is 68.4 Å². The van der Waals surface area contributed by atoms with Crippen LogP contribution in [-0.2, 0) is 12.0 Å². The molecule has 2 N–H and O–H groups in total. The van der Waals surface area contributed by atoms with Gasteiger partial charge >= 0.3 is 0 Å². The van der Waals surface area contributed by atoms with Crippen LogP contribution in [0.2, 0.25) is 0 Å². The van der Waals surface area contributed by atoms with E-state index in [0.29, 0.717) is 12.3 Å². The number of phenols is 1. The van der Waals surface area contributed by atoms with Gasteiger partial charge in [-0.05, 0) is 35.4 Å². The lowest BCUT2D eigenvalue weighted by atomic mass is 9.78. The molecule has 1 aromatic heterocycles. The molecule has 0 saturated heterocycles. The normalized spacial score (nSPS) is 12.5. The summed E-state index contributed by atoms with van der Waals surface area (Å²) in [5.41, 5.74) is 3.06. The van der Waals surface area contributed by atoms with Crippen LogP contribution in [0.5, 0.6) is 11.5 Å². The van der Waals surface area contributed by atoms with Crippen molar-refractivity contribution in [3.8, 4) is 22.9 Å². The molecule has 32 heavy (non-hydrogen) atoms. The van der Waals surface area contributed by atoms with Crippen molar-refractivity contribution in [3.63, 3.8) is 0 Å². The molecule has 0 fully saturated rings. The third kappa shape index (κ3) is 4.84. The van der Waals surface area contributed by atoms with Crippen LogP contribution in [0.15, 0.2) is 91.3 Å². The molecule has 0 bridgehead atoms. The van der Waals surface area contributed by atoms with Gasteiger partial charge in [-0.3, -0.25) is 0 Å². The second kappa shape index (κ2) is 9.28. The molecule has 0 aliphatic carbocycles. The lowest BCUT2D eigenvalue weighted by molar-refractivity contribution is 0.0928. The molecule has 164 valence electrons. The van der Waals surface area contributed by atoms with Crippen molar-refractivity contribution in [1.82, 2.24) is 9.55 Å². The van der Waals surface area contributed by atoms with Crippen LogP contribution >= 0.6 is 0 Å². The van der Waals surface area contributed by atoms with E-state index in [1.165, 1.54) is 0 Å². The highest BCUT2D eigenvalue weighted by Gasteiger charge is 2.23. The number of hydrogen-bond acceptors (Lipinski definition) is 4. The number of rotatable bonds is 8. The monoisotopic (exact) mass is 428 g/mol. The van der Waals surface area contributed by atoms with E-state index in [-0.39, 0.29) is 17.8 Å². The lowest BCUT2D eigenvalue weighted by Crippen LogP contribution is -2.24. The molecular weight excluding hydrogens is 400 g/mol. The maximum Gasteiger partial charge on any atom is 0.139 e. The second-order valence-corrected chi connectivity index (χ2v) is 8.43. The predicted molar refractivity (Wildman–Crippen MR) is 126 cm³/mol. The zero-order valence-electron chi connectivity index (χ0n) is 18.3. The number of nitrogens with zero attached hydrogens (tertiary/aromatic N) is 2. The molecule has 0 aliphatic heterocycles. The van der Waals surface area contributed by atoms with E-state index >= 15 is 0 Å². The third-order valence-corrected chi connectivity index (χ3v) is 5.76. The second-order valence-electron chi connectivity index (χ2n) is 8.43. The number of benzene rings is 3. The first kappa shape index (κ1) is 21.7. The van der Waals surface area contributed by atoms with Gasteiger partial charge in [0.05, 0.1) is 6.54 Å². The first-order chi connectivity index (χ1) is 15.4. The highest BCUT2D eigenvalue weighted by Crippen LogP contribution is 2.33. The minimum atomic E-state index is -0.667. The summed E-state index contributed by atoms with van der Waals surface area (Å²) in [6, 6.07) is 25.2. The molecule has 0 spiro atoms. The molecule has 1 heterocycles. The van der Waals surface area contributed by atoms with Crippen molar-refractivity contribution in [2.24, 2.45) is 0 Å². The van der Waals surface area contributed by atoms with E-state index in [9.17, 15) is 10.2 Å². The molecule has 1 unspecified atom stereocenters. The van der Waals surface area contributed by atoms with Gasteiger partial charge in [0.1, 0.15) is 30.0 Å². The van der Waals surface area contributed by atoms with Gasteiger partial charge in [-0.15, -0.1) is 0 Å². The average Bonchev–Trinajstić information content (AvgIpc) is 3.27. The summed E-state index contributed by atoms with van der Waals surface area (Å²) in [6.07, 6.45) is 2.94. The summed E-state index contributed by atoms with van der Waals surface area (Å²) >= 11 is 0. The van der Waals surface area contributed by atoms with Crippen molar-refractivity contribution in [1.29, 1.82) is 0 Å². The quantitative estimate of drug-likeness (QED) is 0.413. The zero-order valence-corrected chi connectivity index (χ0v) is 18.3. The number of imidazole rings is 1. The molecule has 4 aromatic rings. The van der Waals surface area contributed by atoms with E-state index in [1.807, 2.05) is 77.5 Å². The Morgan fingerprint density at radius 2 is 1.53 bits per heavy atom. The van der Waals surface area contributed by atoms with E-state index < -0.39 is 6.10 Å². The van der Waals surface area contributed by atoms with E-state index in [4.69, 9.17) is 4.74 Å². The Morgan fingerprint density at radius 1 is 0.906 bits per heavy atom. The molecule has 5 nitrogen and oxygen atoms in total. The standard InChI is InChI=1S/C27H28N2O3/c1-27(2,21-8-12-23(30)13-9-21)22-10-14-25(15-11-22)32-19-24(31)18-29-17-16-28-26(29)20-6-4-3-5-7-20/h3-17,24,30-31H,18-19H2,1-2H3. The van der Waals surface area contributed by atoms with Crippen molar-refractivity contribution < 1.29 is 14.9 Å². The van der Waals surface area contributed by atoms with E-state index in [1.54, 1.807) is 18.3 Å². The van der Waals surface area contributed by atoms with Crippen LogP contribution in [0.25, 0.3) is 11.4 Å². The van der Waals surface area contributed by atoms with Gasteiger partial charge in [-0.2, -0.15) is 0 Å². The Bertz CT molecular complexity index is 1130. The van der Waals surface area contributed by atoms with E-state index in [0.717, 1.165) is 22.5 Å². The summed E-state index contributed by atoms with van der Waals surface area (Å²) in [6.45, 7) is 4.88. The van der Waals surface area contributed by atoms with E-state index in [2.05, 4.69) is 18.8 Å². The molecule has 0 radical (unpaired) electrons. The number of aliphatic hydroxyl groups excluding tert-OH is 1. The van der Waals surface area contributed by atoms with Crippen molar-refractivity contribution >= 4 is 0 Å². The Morgan fingerprint density at radius 3 is 2.19 bits per heavy atom. The van der Waals surface area contributed by atoms with Crippen LogP contribution in [0, 0.1) is 0 Å². The minimum Gasteiger partial charge on any atom is -0.508 e. The fraction of sp³-hybridized carbons (Fsp3) is 0.222. The molecule has 0 saturated carbocycles. The fourth-order valence-electron chi connectivity index (χ4n) is 3.79. The highest BCUT2D eigenvalue weighted by atomic mass is 16.5. The largest absolute Gasteiger partial charge is 0.508 e. The zero-order chi connectivity index (χ0) is 22.6. The average molecular weight is 429 g/mol. The summed E-state index contributed by atoms with van der Waals surface area (Å²) < 4.78 is 7.77. The van der Waals surface area contributed by atoms with Crippen molar-refractivity contribution in [3.05, 3.63) is 102 Å². The SMILES string of the molecule is CC(C)(c1ccc(O)cc1)c1ccc(OCC(O)Cn2ccnc2-c2ccccc2)cc1. The van der Waals surface area contributed by atoms with Gasteiger partial charge in [-0.25, -0.2) is 4.98 Å². The van der Waals surface area contributed by atoms with Crippen LogP contribution in [0.4, 0.5) is 0 Å². The fourth-order valence-corrected chi connectivity index (χ4v) is 3.79. The Balaban J connectivity index is 1.37. The number of ether oxygens (including phenoxy) is 1. The number of hydrogen-bond donors (Lipinski definition) is 2. The predicted octanol–water partition coefficient (Wildman–Crippen LogP) is 5.02. The molecule has 4 rings (SSSR count). The number of aromatic nitrogens is 2. The van der Waals surface area contributed by atoms with Gasteiger partial charge in [0.2, 0.25) is 0 Å². The number of phenolic OH excluding ortho intramolecular Hbond substituents is 1. The van der Waals surface area contributed by atoms with Gasteiger partial charge < -0.3 is 19.5 Å². The van der Waals surface area contributed by atoms with Crippen LogP contribution < -0.4 is 4.74 Å². The van der Waals surface area contributed by atoms with Crippen molar-refractivity contribution in [2.45, 2.75) is 31.9 Å². The van der Waals surface area contributed by atoms with Crippen LogP contribution in [0.1, 0.15) is 25.0 Å². The summed E-state index contributed by atoms with van der Waals surface area (Å²) in [7, 11) is 0. The molecule has 3 aromatic carbocycles. The molecule has 0 amide bonds. The Hall–Kier alpha value is -3.57. The molecule has 1 atom stereocenters. The summed E-state index contributed by atoms with van der Waals surface area (Å²) in [5, 5.41) is 20.1.